The quantitative estimate of drug-likeness (QED) is 0.0249. The van der Waals surface area contributed by atoms with Gasteiger partial charge in [0, 0.05) is 36.1 Å². The fraction of sp³-hybridized carbons (Fsp3) is 0.714. The number of ketones is 2. The van der Waals surface area contributed by atoms with Crippen LogP contribution in [0.25, 0.3) is 0 Å². The van der Waals surface area contributed by atoms with E-state index in [4.69, 9.17) is 0 Å². The van der Waals surface area contributed by atoms with Gasteiger partial charge in [-0.25, -0.2) is 0 Å². The van der Waals surface area contributed by atoms with Crippen molar-refractivity contribution in [3.05, 3.63) is 63.7 Å². The van der Waals surface area contributed by atoms with E-state index in [-0.39, 0.29) is 22.8 Å². The van der Waals surface area contributed by atoms with Gasteiger partial charge in [0.15, 0.2) is 11.6 Å². The van der Waals surface area contributed by atoms with Crippen molar-refractivity contribution in [1.82, 2.24) is 0 Å². The Morgan fingerprint density at radius 3 is 1.23 bits per heavy atom. The molecule has 266 valence electrons. The fourth-order valence-corrected chi connectivity index (χ4v) is 6.10. The number of nitro groups is 1. The average Bonchev–Trinajstić information content (AvgIpc) is 3.07. The van der Waals surface area contributed by atoms with Crippen LogP contribution >= 0.6 is 0 Å². The Morgan fingerprint density at radius 1 is 0.511 bits per heavy atom. The number of nitro benzene ring substituents is 1. The van der Waals surface area contributed by atoms with E-state index in [9.17, 15) is 19.7 Å². The van der Waals surface area contributed by atoms with Gasteiger partial charge in [0.05, 0.1) is 4.92 Å². The van der Waals surface area contributed by atoms with Gasteiger partial charge in [-0.2, -0.15) is 0 Å². The van der Waals surface area contributed by atoms with Crippen molar-refractivity contribution in [2.75, 3.05) is 0 Å². The van der Waals surface area contributed by atoms with Crippen LogP contribution in [-0.4, -0.2) is 16.5 Å². The summed E-state index contributed by atoms with van der Waals surface area (Å²) in [6.45, 7) is 4.51. The van der Waals surface area contributed by atoms with Gasteiger partial charge >= 0.3 is 0 Å². The molecule has 0 aliphatic rings. The minimum absolute atomic E-state index is 0.0783. The summed E-state index contributed by atoms with van der Waals surface area (Å²) in [6, 6.07) is 4.16. The number of hydrogen-bond donors (Lipinski definition) is 0. The predicted octanol–water partition coefficient (Wildman–Crippen LogP) is 14.0. The summed E-state index contributed by atoms with van der Waals surface area (Å²) >= 11 is 0. The monoisotopic (exact) mass is 652 g/mol. The standard InChI is InChI=1S/C42H69NO4/c1-3-5-7-9-11-13-15-17-19-21-23-25-27-29-31-33-41(44)39-36-35-38(43(46)47)37-40(39)42(45)34-32-30-28-26-24-22-20-18-16-14-12-10-8-6-4-2/h17-20,35-37H,3-16,21-34H2,1-2H3/b19-17-,20-18-. The zero-order valence-electron chi connectivity index (χ0n) is 30.4. The molecule has 0 aliphatic carbocycles. The molecule has 0 saturated carbocycles. The predicted molar refractivity (Wildman–Crippen MR) is 201 cm³/mol. The van der Waals surface area contributed by atoms with E-state index in [1.807, 2.05) is 0 Å². The first-order valence-electron chi connectivity index (χ1n) is 19.7. The Labute approximate surface area is 288 Å². The van der Waals surface area contributed by atoms with Crippen LogP contribution in [0.2, 0.25) is 0 Å². The third-order valence-electron chi connectivity index (χ3n) is 9.15. The van der Waals surface area contributed by atoms with Gasteiger partial charge in [-0.1, -0.05) is 141 Å². The van der Waals surface area contributed by atoms with Crippen molar-refractivity contribution in [1.29, 1.82) is 0 Å². The second kappa shape index (κ2) is 30.8. The maximum absolute atomic E-state index is 13.1. The van der Waals surface area contributed by atoms with Crippen LogP contribution in [0.15, 0.2) is 42.5 Å². The Morgan fingerprint density at radius 2 is 0.851 bits per heavy atom. The maximum Gasteiger partial charge on any atom is 0.270 e. The van der Waals surface area contributed by atoms with E-state index in [1.165, 1.54) is 121 Å². The number of unbranched alkanes of at least 4 members (excludes halogenated alkanes) is 22. The van der Waals surface area contributed by atoms with E-state index in [2.05, 4.69) is 38.2 Å². The molecule has 0 spiro atoms. The number of non-ortho nitro benzene ring substituents is 1. The molecular weight excluding hydrogens is 582 g/mol. The number of carbonyl (C=O) groups is 2. The normalized spacial score (nSPS) is 11.6. The molecule has 0 atom stereocenters. The fourth-order valence-electron chi connectivity index (χ4n) is 6.10. The average molecular weight is 652 g/mol. The molecule has 0 bridgehead atoms. The van der Waals surface area contributed by atoms with Gasteiger partial charge in [-0.15, -0.1) is 0 Å². The third-order valence-corrected chi connectivity index (χ3v) is 9.15. The first kappa shape index (κ1) is 42.5. The maximum atomic E-state index is 13.1. The molecule has 0 N–H and O–H groups in total. The molecule has 1 aromatic carbocycles. The molecule has 0 heterocycles. The molecular formula is C42H69NO4. The second-order valence-corrected chi connectivity index (χ2v) is 13.5. The Kier molecular flexibility index (Phi) is 27.8. The summed E-state index contributed by atoms with van der Waals surface area (Å²) in [4.78, 5) is 37.1. The van der Waals surface area contributed by atoms with Gasteiger partial charge in [-0.05, 0) is 70.3 Å². The molecule has 5 nitrogen and oxygen atoms in total. The molecule has 1 aromatic rings. The number of carbonyl (C=O) groups excluding carboxylic acids is 2. The topological polar surface area (TPSA) is 77.3 Å². The van der Waals surface area contributed by atoms with Crippen molar-refractivity contribution in [2.24, 2.45) is 0 Å². The number of nitrogens with zero attached hydrogens (tertiary/aromatic N) is 1. The summed E-state index contributed by atoms with van der Waals surface area (Å²) in [5, 5.41) is 11.4. The largest absolute Gasteiger partial charge is 0.294 e. The minimum atomic E-state index is -0.489. The Bertz CT molecular complexity index is 1010. The lowest BCUT2D eigenvalue weighted by Gasteiger charge is -2.09. The lowest BCUT2D eigenvalue weighted by Crippen LogP contribution is -2.10. The van der Waals surface area contributed by atoms with E-state index >= 15 is 0 Å². The van der Waals surface area contributed by atoms with Gasteiger partial charge < -0.3 is 0 Å². The minimum Gasteiger partial charge on any atom is -0.294 e. The highest BCUT2D eigenvalue weighted by Gasteiger charge is 2.20. The zero-order valence-corrected chi connectivity index (χ0v) is 30.4. The number of allylic oxidation sites excluding steroid dienone is 4. The molecule has 0 aromatic heterocycles. The molecule has 0 fully saturated rings. The number of Topliss-reactive ketones (excluding diaryl/α,β-unsaturated/α-hetero) is 2. The van der Waals surface area contributed by atoms with E-state index < -0.39 is 4.92 Å². The summed E-state index contributed by atoms with van der Waals surface area (Å²) in [5.74, 6) is -0.232. The third kappa shape index (κ3) is 23.4. The van der Waals surface area contributed by atoms with Gasteiger partial charge in [0.1, 0.15) is 0 Å². The Hall–Kier alpha value is -2.56. The van der Waals surface area contributed by atoms with Crippen LogP contribution in [-0.2, 0) is 0 Å². The number of rotatable bonds is 33. The summed E-state index contributed by atoms with van der Waals surface area (Å²) < 4.78 is 0. The lowest BCUT2D eigenvalue weighted by atomic mass is 9.94. The van der Waals surface area contributed by atoms with E-state index in [0.29, 0.717) is 18.4 Å². The van der Waals surface area contributed by atoms with Crippen LogP contribution in [0.3, 0.4) is 0 Å². The lowest BCUT2D eigenvalue weighted by molar-refractivity contribution is -0.384. The van der Waals surface area contributed by atoms with Crippen LogP contribution in [0, 0.1) is 10.1 Å². The van der Waals surface area contributed by atoms with Crippen molar-refractivity contribution >= 4 is 17.3 Å². The first-order valence-corrected chi connectivity index (χ1v) is 19.7. The molecule has 1 rings (SSSR count). The highest BCUT2D eigenvalue weighted by atomic mass is 16.6. The van der Waals surface area contributed by atoms with Gasteiger partial charge in [0.25, 0.3) is 5.69 Å². The molecule has 0 saturated heterocycles. The first-order chi connectivity index (χ1) is 23.0. The molecule has 47 heavy (non-hydrogen) atoms. The van der Waals surface area contributed by atoms with Crippen LogP contribution in [0.1, 0.15) is 214 Å². The highest BCUT2D eigenvalue weighted by Crippen LogP contribution is 2.23. The summed E-state index contributed by atoms with van der Waals surface area (Å²) in [5.41, 5.74) is 0.451. The van der Waals surface area contributed by atoms with Crippen molar-refractivity contribution < 1.29 is 14.5 Å². The Balaban J connectivity index is 2.27. The smallest absolute Gasteiger partial charge is 0.270 e. The van der Waals surface area contributed by atoms with Crippen LogP contribution in [0.5, 0.6) is 0 Å². The summed E-state index contributed by atoms with van der Waals surface area (Å²) in [7, 11) is 0. The highest BCUT2D eigenvalue weighted by molar-refractivity contribution is 6.09. The van der Waals surface area contributed by atoms with Crippen LogP contribution < -0.4 is 0 Å². The van der Waals surface area contributed by atoms with Crippen molar-refractivity contribution in [3.8, 4) is 0 Å². The molecule has 0 radical (unpaired) electrons. The van der Waals surface area contributed by atoms with Gasteiger partial charge in [0.2, 0.25) is 0 Å². The molecule has 5 heteroatoms. The van der Waals surface area contributed by atoms with Crippen molar-refractivity contribution in [3.63, 3.8) is 0 Å². The van der Waals surface area contributed by atoms with Crippen LogP contribution in [0.4, 0.5) is 5.69 Å². The number of hydrogen-bond acceptors (Lipinski definition) is 4. The van der Waals surface area contributed by atoms with Crippen molar-refractivity contribution in [2.45, 2.75) is 194 Å². The van der Waals surface area contributed by atoms with Gasteiger partial charge in [-0.3, -0.25) is 19.7 Å². The number of benzene rings is 1. The molecule has 0 unspecified atom stereocenters. The molecule has 0 aliphatic heterocycles. The summed E-state index contributed by atoms with van der Waals surface area (Å²) in [6.07, 6.45) is 41.0. The SMILES string of the molecule is CCCCCCCC/C=C\CCCCCCCC(=O)c1ccc([N+](=O)[O-])cc1C(=O)CCCCCCC/C=C\CCCCCCCC. The second-order valence-electron chi connectivity index (χ2n) is 13.5. The van der Waals surface area contributed by atoms with E-state index in [1.54, 1.807) is 0 Å². The zero-order chi connectivity index (χ0) is 34.2. The molecule has 0 amide bonds. The van der Waals surface area contributed by atoms with E-state index in [0.717, 1.165) is 64.2 Å².